The van der Waals surface area contributed by atoms with E-state index in [9.17, 15) is 9.59 Å². The van der Waals surface area contributed by atoms with E-state index < -0.39 is 0 Å². The van der Waals surface area contributed by atoms with Crippen molar-refractivity contribution in [2.45, 2.75) is 33.1 Å². The molecule has 3 rings (SSSR count). The highest BCUT2D eigenvalue weighted by Gasteiger charge is 2.27. The summed E-state index contributed by atoms with van der Waals surface area (Å²) in [5.41, 5.74) is 2.97. The summed E-state index contributed by atoms with van der Waals surface area (Å²) >= 11 is 0. The average molecular weight is 380 g/mol. The SMILES string of the molecule is CCOc1ccc(NC(=O)C2CCN(C(=O)Cc3cccc(C)c3)CC2)cc1. The Morgan fingerprint density at radius 3 is 2.46 bits per heavy atom. The maximum Gasteiger partial charge on any atom is 0.227 e. The Balaban J connectivity index is 1.47. The molecule has 5 nitrogen and oxygen atoms in total. The Bertz CT molecular complexity index is 809. The Kier molecular flexibility index (Phi) is 6.69. The highest BCUT2D eigenvalue weighted by molar-refractivity contribution is 5.92. The number of benzene rings is 2. The molecule has 1 saturated heterocycles. The topological polar surface area (TPSA) is 58.6 Å². The van der Waals surface area contributed by atoms with Crippen molar-refractivity contribution in [2.75, 3.05) is 25.0 Å². The minimum atomic E-state index is -0.0606. The maximum atomic E-state index is 12.5. The molecule has 1 aliphatic heterocycles. The summed E-state index contributed by atoms with van der Waals surface area (Å²) in [6, 6.07) is 15.5. The van der Waals surface area contributed by atoms with Gasteiger partial charge >= 0.3 is 0 Å². The first-order chi connectivity index (χ1) is 13.5. The minimum Gasteiger partial charge on any atom is -0.494 e. The van der Waals surface area contributed by atoms with Crippen LogP contribution in [-0.2, 0) is 16.0 Å². The molecule has 2 amide bonds. The van der Waals surface area contributed by atoms with E-state index in [1.165, 1.54) is 0 Å². The van der Waals surface area contributed by atoms with Crippen LogP contribution in [0.4, 0.5) is 5.69 Å². The third-order valence-corrected chi connectivity index (χ3v) is 5.09. The van der Waals surface area contributed by atoms with Gasteiger partial charge in [0.15, 0.2) is 0 Å². The summed E-state index contributed by atoms with van der Waals surface area (Å²) < 4.78 is 5.42. The van der Waals surface area contributed by atoms with Gasteiger partial charge in [0.2, 0.25) is 11.8 Å². The number of hydrogen-bond donors (Lipinski definition) is 1. The molecule has 0 spiro atoms. The lowest BCUT2D eigenvalue weighted by atomic mass is 9.95. The number of amides is 2. The van der Waals surface area contributed by atoms with Crippen LogP contribution >= 0.6 is 0 Å². The largest absolute Gasteiger partial charge is 0.494 e. The van der Waals surface area contributed by atoms with Crippen molar-refractivity contribution in [3.8, 4) is 5.75 Å². The van der Waals surface area contributed by atoms with E-state index in [0.29, 0.717) is 39.0 Å². The quantitative estimate of drug-likeness (QED) is 0.829. The van der Waals surface area contributed by atoms with E-state index in [1.807, 2.05) is 61.2 Å². The molecule has 1 heterocycles. The summed E-state index contributed by atoms with van der Waals surface area (Å²) in [5.74, 6) is 0.890. The van der Waals surface area contributed by atoms with Gasteiger partial charge in [-0.3, -0.25) is 9.59 Å². The molecule has 0 unspecified atom stereocenters. The molecule has 0 atom stereocenters. The molecular formula is C23H28N2O3. The lowest BCUT2D eigenvalue weighted by molar-refractivity contribution is -0.133. The van der Waals surface area contributed by atoms with Gasteiger partial charge in [-0.15, -0.1) is 0 Å². The summed E-state index contributed by atoms with van der Waals surface area (Å²) in [4.78, 5) is 27.0. The van der Waals surface area contributed by atoms with Gasteiger partial charge in [-0.2, -0.15) is 0 Å². The highest BCUT2D eigenvalue weighted by atomic mass is 16.5. The van der Waals surface area contributed by atoms with Gasteiger partial charge in [0.25, 0.3) is 0 Å². The predicted molar refractivity (Wildman–Crippen MR) is 110 cm³/mol. The van der Waals surface area contributed by atoms with Gasteiger partial charge in [0.1, 0.15) is 5.75 Å². The number of piperidine rings is 1. The van der Waals surface area contributed by atoms with Gasteiger partial charge in [-0.25, -0.2) is 0 Å². The Hall–Kier alpha value is -2.82. The van der Waals surface area contributed by atoms with Crippen molar-refractivity contribution in [1.29, 1.82) is 0 Å². The smallest absolute Gasteiger partial charge is 0.227 e. The fourth-order valence-electron chi connectivity index (χ4n) is 3.55. The van der Waals surface area contributed by atoms with Crippen molar-refractivity contribution in [3.05, 3.63) is 59.7 Å². The normalized spacial score (nSPS) is 14.6. The average Bonchev–Trinajstić information content (AvgIpc) is 2.70. The van der Waals surface area contributed by atoms with Crippen molar-refractivity contribution in [3.63, 3.8) is 0 Å². The van der Waals surface area contributed by atoms with Crippen LogP contribution in [0.1, 0.15) is 30.9 Å². The van der Waals surface area contributed by atoms with Crippen LogP contribution in [0.3, 0.4) is 0 Å². The van der Waals surface area contributed by atoms with Crippen LogP contribution in [0.15, 0.2) is 48.5 Å². The van der Waals surface area contributed by atoms with Gasteiger partial charge in [-0.1, -0.05) is 29.8 Å². The molecule has 1 fully saturated rings. The van der Waals surface area contributed by atoms with E-state index in [4.69, 9.17) is 4.74 Å². The van der Waals surface area contributed by atoms with Crippen molar-refractivity contribution >= 4 is 17.5 Å². The van der Waals surface area contributed by atoms with E-state index >= 15 is 0 Å². The molecular weight excluding hydrogens is 352 g/mol. The van der Waals surface area contributed by atoms with Crippen LogP contribution in [0.25, 0.3) is 0 Å². The molecule has 0 bridgehead atoms. The number of nitrogens with zero attached hydrogens (tertiary/aromatic N) is 1. The molecule has 2 aromatic carbocycles. The maximum absolute atomic E-state index is 12.5. The first kappa shape index (κ1) is 19.9. The number of likely N-dealkylation sites (tertiary alicyclic amines) is 1. The summed E-state index contributed by atoms with van der Waals surface area (Å²) in [5, 5.41) is 2.97. The van der Waals surface area contributed by atoms with Gasteiger partial charge in [0, 0.05) is 24.7 Å². The van der Waals surface area contributed by atoms with Gasteiger partial charge in [0.05, 0.1) is 13.0 Å². The molecule has 2 aromatic rings. The second-order valence-corrected chi connectivity index (χ2v) is 7.27. The van der Waals surface area contributed by atoms with Crippen LogP contribution in [0.2, 0.25) is 0 Å². The molecule has 1 aliphatic rings. The second-order valence-electron chi connectivity index (χ2n) is 7.27. The van der Waals surface area contributed by atoms with Crippen molar-refractivity contribution in [2.24, 2.45) is 5.92 Å². The Morgan fingerprint density at radius 1 is 1.11 bits per heavy atom. The van der Waals surface area contributed by atoms with Crippen molar-refractivity contribution < 1.29 is 14.3 Å². The van der Waals surface area contributed by atoms with Gasteiger partial charge in [-0.05, 0) is 56.5 Å². The highest BCUT2D eigenvalue weighted by Crippen LogP contribution is 2.22. The number of carbonyl (C=O) groups is 2. The monoisotopic (exact) mass is 380 g/mol. The molecule has 1 N–H and O–H groups in total. The first-order valence-corrected chi connectivity index (χ1v) is 9.92. The van der Waals surface area contributed by atoms with E-state index in [-0.39, 0.29) is 17.7 Å². The van der Waals surface area contributed by atoms with E-state index in [0.717, 1.165) is 22.6 Å². The minimum absolute atomic E-state index is 0.0231. The molecule has 0 aromatic heterocycles. The molecule has 0 aliphatic carbocycles. The summed E-state index contributed by atoms with van der Waals surface area (Å²) in [7, 11) is 0. The molecule has 148 valence electrons. The lowest BCUT2D eigenvalue weighted by Crippen LogP contribution is -2.42. The van der Waals surface area contributed by atoms with Crippen LogP contribution < -0.4 is 10.1 Å². The second kappa shape index (κ2) is 9.40. The fourth-order valence-corrected chi connectivity index (χ4v) is 3.55. The Labute approximate surface area is 166 Å². The van der Waals surface area contributed by atoms with Gasteiger partial charge < -0.3 is 15.0 Å². The summed E-state index contributed by atoms with van der Waals surface area (Å²) in [6.45, 7) is 5.85. The number of rotatable bonds is 6. The molecule has 0 saturated carbocycles. The first-order valence-electron chi connectivity index (χ1n) is 9.92. The molecule has 28 heavy (non-hydrogen) atoms. The zero-order chi connectivity index (χ0) is 19.9. The Morgan fingerprint density at radius 2 is 1.82 bits per heavy atom. The number of ether oxygens (including phenoxy) is 1. The number of anilines is 1. The number of aryl methyl sites for hydroxylation is 1. The number of hydrogen-bond acceptors (Lipinski definition) is 3. The van der Waals surface area contributed by atoms with Crippen LogP contribution in [-0.4, -0.2) is 36.4 Å². The number of nitrogens with one attached hydrogen (secondary N) is 1. The van der Waals surface area contributed by atoms with Crippen LogP contribution in [0.5, 0.6) is 5.75 Å². The van der Waals surface area contributed by atoms with E-state index in [1.54, 1.807) is 0 Å². The van der Waals surface area contributed by atoms with Crippen molar-refractivity contribution in [1.82, 2.24) is 4.90 Å². The molecule has 0 radical (unpaired) electrons. The molecule has 5 heteroatoms. The zero-order valence-corrected chi connectivity index (χ0v) is 16.6. The van der Waals surface area contributed by atoms with Crippen LogP contribution in [0, 0.1) is 12.8 Å². The lowest BCUT2D eigenvalue weighted by Gasteiger charge is -2.31. The summed E-state index contributed by atoms with van der Waals surface area (Å²) in [6.07, 6.45) is 1.82. The number of carbonyl (C=O) groups excluding carboxylic acids is 2. The fraction of sp³-hybridized carbons (Fsp3) is 0.391. The predicted octanol–water partition coefficient (Wildman–Crippen LogP) is 3.81. The zero-order valence-electron chi connectivity index (χ0n) is 16.6. The van der Waals surface area contributed by atoms with E-state index in [2.05, 4.69) is 11.4 Å². The third-order valence-electron chi connectivity index (χ3n) is 5.09. The standard InChI is InChI=1S/C23H28N2O3/c1-3-28-21-9-7-20(8-10-21)24-23(27)19-11-13-25(14-12-19)22(26)16-18-6-4-5-17(2)15-18/h4-10,15,19H,3,11-14,16H2,1-2H3,(H,24,27). The third kappa shape index (κ3) is 5.35.